The van der Waals surface area contributed by atoms with Crippen molar-refractivity contribution in [3.8, 4) is 0 Å². The first-order chi connectivity index (χ1) is 13.0. The number of carbonyl (C=O) groups excluding carboxylic acids is 1. The van der Waals surface area contributed by atoms with E-state index in [9.17, 15) is 9.18 Å². The van der Waals surface area contributed by atoms with E-state index in [4.69, 9.17) is 0 Å². The van der Waals surface area contributed by atoms with Crippen LogP contribution >= 0.6 is 0 Å². The predicted octanol–water partition coefficient (Wildman–Crippen LogP) is 3.21. The van der Waals surface area contributed by atoms with Gasteiger partial charge < -0.3 is 5.32 Å². The SMILES string of the molecule is C[C@H](C(=O)N[C@H](C)c1ccc(F)cc1)N1CCN(Cc2ccccc2)CC1. The zero-order chi connectivity index (χ0) is 19.2. The van der Waals surface area contributed by atoms with Gasteiger partial charge in [0.15, 0.2) is 0 Å². The normalized spacial score (nSPS) is 18.0. The summed E-state index contributed by atoms with van der Waals surface area (Å²) in [6.07, 6.45) is 0. The van der Waals surface area contributed by atoms with E-state index in [0.29, 0.717) is 0 Å². The number of rotatable bonds is 6. The highest BCUT2D eigenvalue weighted by Crippen LogP contribution is 2.15. The van der Waals surface area contributed by atoms with Gasteiger partial charge in [-0.2, -0.15) is 0 Å². The van der Waals surface area contributed by atoms with Crippen LogP contribution in [0.25, 0.3) is 0 Å². The lowest BCUT2D eigenvalue weighted by Gasteiger charge is -2.37. The molecule has 4 nitrogen and oxygen atoms in total. The topological polar surface area (TPSA) is 35.6 Å². The van der Waals surface area contributed by atoms with Gasteiger partial charge in [0.05, 0.1) is 12.1 Å². The van der Waals surface area contributed by atoms with E-state index in [-0.39, 0.29) is 23.8 Å². The maximum atomic E-state index is 13.1. The Balaban J connectivity index is 1.47. The summed E-state index contributed by atoms with van der Waals surface area (Å²) in [5.74, 6) is -0.248. The third-order valence-electron chi connectivity index (χ3n) is 5.31. The maximum absolute atomic E-state index is 13.1. The molecule has 0 unspecified atom stereocenters. The summed E-state index contributed by atoms with van der Waals surface area (Å²) in [6, 6.07) is 16.4. The van der Waals surface area contributed by atoms with Crippen molar-refractivity contribution in [2.24, 2.45) is 0 Å². The number of piperazine rings is 1. The number of benzene rings is 2. The number of amides is 1. The molecule has 27 heavy (non-hydrogen) atoms. The van der Waals surface area contributed by atoms with Crippen LogP contribution in [0.2, 0.25) is 0 Å². The maximum Gasteiger partial charge on any atom is 0.237 e. The number of nitrogens with zero attached hydrogens (tertiary/aromatic N) is 2. The third kappa shape index (κ3) is 5.37. The van der Waals surface area contributed by atoms with Crippen molar-refractivity contribution >= 4 is 5.91 Å². The molecule has 3 rings (SSSR count). The molecule has 0 radical (unpaired) electrons. The molecule has 0 bridgehead atoms. The summed E-state index contributed by atoms with van der Waals surface area (Å²) in [7, 11) is 0. The smallest absolute Gasteiger partial charge is 0.237 e. The van der Waals surface area contributed by atoms with Crippen LogP contribution in [0.5, 0.6) is 0 Å². The minimum atomic E-state index is -0.265. The van der Waals surface area contributed by atoms with Crippen molar-refractivity contribution in [3.05, 3.63) is 71.5 Å². The van der Waals surface area contributed by atoms with Gasteiger partial charge in [-0.1, -0.05) is 42.5 Å². The van der Waals surface area contributed by atoms with Crippen molar-refractivity contribution < 1.29 is 9.18 Å². The standard InChI is InChI=1S/C22H28FN3O/c1-17(20-8-10-21(23)11-9-20)24-22(27)18(2)26-14-12-25(13-15-26)16-19-6-4-3-5-7-19/h3-11,17-18H,12-16H2,1-2H3,(H,24,27)/t17-,18-/m1/s1. The molecule has 1 aliphatic rings. The van der Waals surface area contributed by atoms with Crippen LogP contribution in [0.3, 0.4) is 0 Å². The minimum absolute atomic E-state index is 0.0170. The molecular formula is C22H28FN3O. The lowest BCUT2D eigenvalue weighted by molar-refractivity contribution is -0.127. The van der Waals surface area contributed by atoms with Crippen molar-refractivity contribution in [1.82, 2.24) is 15.1 Å². The van der Waals surface area contributed by atoms with Gasteiger partial charge in [0.1, 0.15) is 5.82 Å². The largest absolute Gasteiger partial charge is 0.348 e. The van der Waals surface area contributed by atoms with Crippen molar-refractivity contribution in [1.29, 1.82) is 0 Å². The van der Waals surface area contributed by atoms with Crippen molar-refractivity contribution in [3.63, 3.8) is 0 Å². The first-order valence-corrected chi connectivity index (χ1v) is 9.59. The Morgan fingerprint density at radius 2 is 1.63 bits per heavy atom. The molecule has 5 heteroatoms. The van der Waals surface area contributed by atoms with E-state index in [2.05, 4.69) is 39.4 Å². The zero-order valence-electron chi connectivity index (χ0n) is 16.1. The predicted molar refractivity (Wildman–Crippen MR) is 106 cm³/mol. The number of halogens is 1. The highest BCUT2D eigenvalue weighted by molar-refractivity contribution is 5.81. The number of carbonyl (C=O) groups is 1. The van der Waals surface area contributed by atoms with Crippen LogP contribution < -0.4 is 5.32 Å². The van der Waals surface area contributed by atoms with Gasteiger partial charge in [-0.25, -0.2) is 4.39 Å². The Hall–Kier alpha value is -2.24. The van der Waals surface area contributed by atoms with E-state index in [1.807, 2.05) is 19.9 Å². The second kappa shape index (κ2) is 9.11. The fourth-order valence-corrected chi connectivity index (χ4v) is 3.48. The molecule has 1 amide bonds. The minimum Gasteiger partial charge on any atom is -0.348 e. The zero-order valence-corrected chi connectivity index (χ0v) is 16.1. The van der Waals surface area contributed by atoms with Crippen molar-refractivity contribution in [2.75, 3.05) is 26.2 Å². The molecule has 1 heterocycles. The summed E-state index contributed by atoms with van der Waals surface area (Å²) in [5.41, 5.74) is 2.23. The molecule has 2 aromatic rings. The van der Waals surface area contributed by atoms with Gasteiger partial charge in [-0.05, 0) is 37.1 Å². The molecule has 2 aromatic carbocycles. The van der Waals surface area contributed by atoms with E-state index in [1.165, 1.54) is 17.7 Å². The molecule has 0 aromatic heterocycles. The summed E-state index contributed by atoms with van der Waals surface area (Å²) in [4.78, 5) is 17.3. The fraction of sp³-hybridized carbons (Fsp3) is 0.409. The summed E-state index contributed by atoms with van der Waals surface area (Å²) in [6.45, 7) is 8.52. The molecule has 2 atom stereocenters. The first-order valence-electron chi connectivity index (χ1n) is 9.59. The molecule has 1 aliphatic heterocycles. The van der Waals surface area contributed by atoms with E-state index < -0.39 is 0 Å². The molecule has 1 fully saturated rings. The second-order valence-electron chi connectivity index (χ2n) is 7.26. The lowest BCUT2D eigenvalue weighted by Crippen LogP contribution is -2.53. The van der Waals surface area contributed by atoms with Crippen LogP contribution in [0.1, 0.15) is 31.0 Å². The van der Waals surface area contributed by atoms with Gasteiger partial charge in [-0.3, -0.25) is 14.6 Å². The van der Waals surface area contributed by atoms with Gasteiger partial charge in [0, 0.05) is 32.7 Å². The Morgan fingerprint density at radius 1 is 1.00 bits per heavy atom. The number of hydrogen-bond acceptors (Lipinski definition) is 3. The molecule has 0 aliphatic carbocycles. The monoisotopic (exact) mass is 369 g/mol. The molecule has 1 N–H and O–H groups in total. The summed E-state index contributed by atoms with van der Waals surface area (Å²) < 4.78 is 13.1. The molecule has 0 saturated carbocycles. The number of hydrogen-bond donors (Lipinski definition) is 1. The highest BCUT2D eigenvalue weighted by atomic mass is 19.1. The van der Waals surface area contributed by atoms with E-state index in [0.717, 1.165) is 38.3 Å². The van der Waals surface area contributed by atoms with Gasteiger partial charge in [-0.15, -0.1) is 0 Å². The van der Waals surface area contributed by atoms with Crippen LogP contribution in [0.15, 0.2) is 54.6 Å². The molecule has 144 valence electrons. The lowest BCUT2D eigenvalue weighted by atomic mass is 10.1. The Labute approximate surface area is 161 Å². The average molecular weight is 369 g/mol. The fourth-order valence-electron chi connectivity index (χ4n) is 3.48. The van der Waals surface area contributed by atoms with Gasteiger partial charge in [0.2, 0.25) is 5.91 Å². The average Bonchev–Trinajstić information content (AvgIpc) is 2.69. The number of nitrogens with one attached hydrogen (secondary N) is 1. The van der Waals surface area contributed by atoms with Crippen LogP contribution in [0, 0.1) is 5.82 Å². The highest BCUT2D eigenvalue weighted by Gasteiger charge is 2.26. The van der Waals surface area contributed by atoms with Crippen molar-refractivity contribution in [2.45, 2.75) is 32.5 Å². The molecule has 1 saturated heterocycles. The summed E-state index contributed by atoms with van der Waals surface area (Å²) >= 11 is 0. The Kier molecular flexibility index (Phi) is 6.58. The molecule has 0 spiro atoms. The van der Waals surface area contributed by atoms with Gasteiger partial charge in [0.25, 0.3) is 0 Å². The Morgan fingerprint density at radius 3 is 2.26 bits per heavy atom. The van der Waals surface area contributed by atoms with Crippen LogP contribution in [-0.2, 0) is 11.3 Å². The van der Waals surface area contributed by atoms with Crippen LogP contribution in [-0.4, -0.2) is 47.9 Å². The second-order valence-corrected chi connectivity index (χ2v) is 7.26. The summed E-state index contributed by atoms with van der Waals surface area (Å²) in [5, 5.41) is 3.05. The van der Waals surface area contributed by atoms with Gasteiger partial charge >= 0.3 is 0 Å². The first kappa shape index (κ1) is 19.5. The quantitative estimate of drug-likeness (QED) is 0.849. The Bertz CT molecular complexity index is 727. The van der Waals surface area contributed by atoms with E-state index in [1.54, 1.807) is 12.1 Å². The van der Waals surface area contributed by atoms with Crippen LogP contribution in [0.4, 0.5) is 4.39 Å². The van der Waals surface area contributed by atoms with E-state index >= 15 is 0 Å². The third-order valence-corrected chi connectivity index (χ3v) is 5.31. The molecular weight excluding hydrogens is 341 g/mol.